The first kappa shape index (κ1) is 22.2. The minimum atomic E-state index is -0.597. The molecule has 0 saturated carbocycles. The van der Waals surface area contributed by atoms with Crippen LogP contribution >= 0.6 is 0 Å². The van der Waals surface area contributed by atoms with Gasteiger partial charge in [0.2, 0.25) is 0 Å². The molecule has 1 aliphatic heterocycles. The van der Waals surface area contributed by atoms with Crippen LogP contribution in [0.1, 0.15) is 44.7 Å². The molecule has 9 heteroatoms. The number of ether oxygens (including phenoxy) is 1. The van der Waals surface area contributed by atoms with Gasteiger partial charge in [0.15, 0.2) is 0 Å². The van der Waals surface area contributed by atoms with Gasteiger partial charge in [-0.05, 0) is 45.2 Å². The summed E-state index contributed by atoms with van der Waals surface area (Å²) >= 11 is 0. The highest BCUT2D eigenvalue weighted by molar-refractivity contribution is 5.68. The van der Waals surface area contributed by atoms with Crippen molar-refractivity contribution in [2.45, 2.75) is 51.8 Å². The molecular weight excluding hydrogens is 398 g/mol. The first-order chi connectivity index (χ1) is 14.7. The molecule has 0 aliphatic carbocycles. The summed E-state index contributed by atoms with van der Waals surface area (Å²) in [6.45, 7) is 6.61. The summed E-state index contributed by atoms with van der Waals surface area (Å²) in [5, 5.41) is 12.2. The fraction of sp³-hybridized carbons (Fsp3) is 0.455. The van der Waals surface area contributed by atoms with Crippen LogP contribution in [0, 0.1) is 11.3 Å². The fourth-order valence-electron chi connectivity index (χ4n) is 3.64. The van der Waals surface area contributed by atoms with Crippen molar-refractivity contribution in [3.8, 4) is 6.07 Å². The summed E-state index contributed by atoms with van der Waals surface area (Å²) < 4.78 is 6.79. The molecule has 2 N–H and O–H groups in total. The van der Waals surface area contributed by atoms with Gasteiger partial charge in [0.25, 0.3) is 5.56 Å². The number of alkyl carbamates (subject to hydrolysis) is 1. The van der Waals surface area contributed by atoms with Crippen molar-refractivity contribution in [1.82, 2.24) is 14.9 Å². The number of hydrogen-bond donors (Lipinski definition) is 2. The number of aromatic amines is 1. The van der Waals surface area contributed by atoms with Gasteiger partial charge in [-0.2, -0.15) is 5.26 Å². The molecule has 9 nitrogen and oxygen atoms in total. The first-order valence-corrected chi connectivity index (χ1v) is 10.2. The van der Waals surface area contributed by atoms with Crippen LogP contribution in [0.4, 0.5) is 10.6 Å². The van der Waals surface area contributed by atoms with Crippen molar-refractivity contribution >= 4 is 11.9 Å². The summed E-state index contributed by atoms with van der Waals surface area (Å²) in [4.78, 5) is 41.1. The molecule has 3 rings (SSSR count). The van der Waals surface area contributed by atoms with Crippen molar-refractivity contribution < 1.29 is 9.53 Å². The number of carbonyl (C=O) groups is 1. The van der Waals surface area contributed by atoms with Gasteiger partial charge < -0.3 is 15.0 Å². The van der Waals surface area contributed by atoms with Gasteiger partial charge in [-0.15, -0.1) is 0 Å². The highest BCUT2D eigenvalue weighted by Gasteiger charge is 2.26. The van der Waals surface area contributed by atoms with Gasteiger partial charge in [-0.25, -0.2) is 9.59 Å². The number of piperidine rings is 1. The molecule has 1 unspecified atom stereocenters. The van der Waals surface area contributed by atoms with Crippen molar-refractivity contribution in [2.24, 2.45) is 0 Å². The highest BCUT2D eigenvalue weighted by atomic mass is 16.6. The minimum absolute atomic E-state index is 0.148. The zero-order chi connectivity index (χ0) is 22.6. The lowest BCUT2D eigenvalue weighted by Gasteiger charge is -2.35. The highest BCUT2D eigenvalue weighted by Crippen LogP contribution is 2.20. The second-order valence-electron chi connectivity index (χ2n) is 8.58. The summed E-state index contributed by atoms with van der Waals surface area (Å²) in [5.74, 6) is 0.456. The zero-order valence-corrected chi connectivity index (χ0v) is 18.0. The van der Waals surface area contributed by atoms with E-state index in [9.17, 15) is 19.6 Å². The van der Waals surface area contributed by atoms with E-state index in [4.69, 9.17) is 4.74 Å². The van der Waals surface area contributed by atoms with Gasteiger partial charge in [-0.3, -0.25) is 14.3 Å². The summed E-state index contributed by atoms with van der Waals surface area (Å²) in [5.41, 5.74) is -0.486. The van der Waals surface area contributed by atoms with E-state index in [-0.39, 0.29) is 12.6 Å². The molecule has 0 bridgehead atoms. The summed E-state index contributed by atoms with van der Waals surface area (Å²) in [6, 6.07) is 10.4. The number of nitrogens with one attached hydrogen (secondary N) is 2. The molecule has 1 atom stereocenters. The SMILES string of the molecule is CC(C)(C)OC(=O)NC1CCCN(c2cc(=O)[nH]c(=O)n2Cc2ccccc2C#N)C1. The number of anilines is 1. The Hall–Kier alpha value is -3.54. The Bertz CT molecular complexity index is 1110. The van der Waals surface area contributed by atoms with Crippen LogP contribution in [-0.2, 0) is 11.3 Å². The van der Waals surface area contributed by atoms with E-state index in [2.05, 4.69) is 16.4 Å². The number of aromatic nitrogens is 2. The lowest BCUT2D eigenvalue weighted by Crippen LogP contribution is -2.50. The van der Waals surface area contributed by atoms with Gasteiger partial charge in [-0.1, -0.05) is 18.2 Å². The molecule has 31 heavy (non-hydrogen) atoms. The van der Waals surface area contributed by atoms with Crippen LogP contribution in [0.3, 0.4) is 0 Å². The van der Waals surface area contributed by atoms with Crippen LogP contribution in [0.25, 0.3) is 0 Å². The average molecular weight is 425 g/mol. The number of benzene rings is 1. The monoisotopic (exact) mass is 425 g/mol. The lowest BCUT2D eigenvalue weighted by molar-refractivity contribution is 0.0500. The van der Waals surface area contributed by atoms with E-state index in [0.717, 1.165) is 12.8 Å². The molecule has 164 valence electrons. The van der Waals surface area contributed by atoms with Crippen LogP contribution in [0.5, 0.6) is 0 Å². The Balaban J connectivity index is 1.86. The van der Waals surface area contributed by atoms with Crippen molar-refractivity contribution in [3.05, 3.63) is 62.3 Å². The van der Waals surface area contributed by atoms with Crippen molar-refractivity contribution in [3.63, 3.8) is 0 Å². The second kappa shape index (κ2) is 9.08. The van der Waals surface area contributed by atoms with E-state index in [1.54, 1.807) is 45.0 Å². The number of hydrogen-bond acceptors (Lipinski definition) is 6. The van der Waals surface area contributed by atoms with E-state index >= 15 is 0 Å². The van der Waals surface area contributed by atoms with Crippen LogP contribution in [0.2, 0.25) is 0 Å². The predicted octanol–water partition coefficient (Wildman–Crippen LogP) is 1.95. The fourth-order valence-corrected chi connectivity index (χ4v) is 3.64. The molecule has 1 aromatic carbocycles. The largest absolute Gasteiger partial charge is 0.444 e. The topological polar surface area (TPSA) is 120 Å². The summed E-state index contributed by atoms with van der Waals surface area (Å²) in [7, 11) is 0. The molecule has 1 saturated heterocycles. The van der Waals surface area contributed by atoms with Crippen LogP contribution in [-0.4, -0.2) is 40.4 Å². The normalized spacial score (nSPS) is 16.5. The molecular formula is C22H27N5O4. The van der Waals surface area contributed by atoms with Gasteiger partial charge >= 0.3 is 11.8 Å². The van der Waals surface area contributed by atoms with Crippen molar-refractivity contribution in [1.29, 1.82) is 5.26 Å². The molecule has 1 amide bonds. The number of rotatable bonds is 4. The summed E-state index contributed by atoms with van der Waals surface area (Å²) in [6.07, 6.45) is 1.04. The maximum Gasteiger partial charge on any atom is 0.407 e. The zero-order valence-electron chi connectivity index (χ0n) is 18.0. The standard InChI is InChI=1S/C22H27N5O4/c1-22(2,3)31-21(30)24-17-9-6-10-26(14-17)19-11-18(28)25-20(29)27(19)13-16-8-5-4-7-15(16)12-23/h4-5,7-8,11,17H,6,9-10,13-14H2,1-3H3,(H,24,30)(H,25,28,29). The first-order valence-electron chi connectivity index (χ1n) is 10.2. The van der Waals surface area contributed by atoms with Crippen LogP contribution in [0.15, 0.2) is 39.9 Å². The second-order valence-corrected chi connectivity index (χ2v) is 8.58. The Morgan fingerprint density at radius 1 is 1.32 bits per heavy atom. The number of carbonyl (C=O) groups excluding carboxylic acids is 1. The number of amides is 1. The molecule has 1 aromatic heterocycles. The molecule has 2 aromatic rings. The van der Waals surface area contributed by atoms with Crippen LogP contribution < -0.4 is 21.5 Å². The molecule has 2 heterocycles. The van der Waals surface area contributed by atoms with Gasteiger partial charge in [0, 0.05) is 25.2 Å². The number of nitrogens with zero attached hydrogens (tertiary/aromatic N) is 3. The average Bonchev–Trinajstić information content (AvgIpc) is 2.68. The van der Waals surface area contributed by atoms with Gasteiger partial charge in [0.05, 0.1) is 18.2 Å². The third-order valence-electron chi connectivity index (χ3n) is 4.94. The van der Waals surface area contributed by atoms with E-state index < -0.39 is 22.9 Å². The maximum absolute atomic E-state index is 12.6. The quantitative estimate of drug-likeness (QED) is 0.773. The molecule has 1 fully saturated rings. The Labute approximate surface area is 180 Å². The third kappa shape index (κ3) is 5.75. The number of nitriles is 1. The Morgan fingerprint density at radius 2 is 2.06 bits per heavy atom. The third-order valence-corrected chi connectivity index (χ3v) is 4.94. The maximum atomic E-state index is 12.6. The van der Waals surface area contributed by atoms with Gasteiger partial charge in [0.1, 0.15) is 11.4 Å². The Morgan fingerprint density at radius 3 is 2.77 bits per heavy atom. The predicted molar refractivity (Wildman–Crippen MR) is 116 cm³/mol. The molecule has 0 spiro atoms. The molecule has 1 aliphatic rings. The smallest absolute Gasteiger partial charge is 0.407 e. The van der Waals surface area contributed by atoms with Crippen molar-refractivity contribution in [2.75, 3.05) is 18.0 Å². The Kier molecular flexibility index (Phi) is 6.49. The minimum Gasteiger partial charge on any atom is -0.444 e. The van der Waals surface area contributed by atoms with E-state index in [1.807, 2.05) is 4.90 Å². The molecule has 0 radical (unpaired) electrons. The number of H-pyrrole nitrogens is 1. The lowest BCUT2D eigenvalue weighted by atomic mass is 10.1. The van der Waals surface area contributed by atoms with E-state index in [0.29, 0.717) is 30.0 Å². The van der Waals surface area contributed by atoms with E-state index in [1.165, 1.54) is 10.6 Å².